The molecule has 0 spiro atoms. The summed E-state index contributed by atoms with van der Waals surface area (Å²) in [5.41, 5.74) is 0.697. The lowest BCUT2D eigenvalue weighted by molar-refractivity contribution is 0.0983. The van der Waals surface area contributed by atoms with E-state index < -0.39 is 5.82 Å². The molecule has 21 heavy (non-hydrogen) atoms. The predicted octanol–water partition coefficient (Wildman–Crippen LogP) is 3.54. The number of nitrogens with zero attached hydrogens (tertiary/aromatic N) is 1. The summed E-state index contributed by atoms with van der Waals surface area (Å²) in [5, 5.41) is 0. The molecule has 5 heteroatoms. The van der Waals surface area contributed by atoms with Crippen LogP contribution < -0.4 is 9.64 Å². The Morgan fingerprint density at radius 1 is 1.24 bits per heavy atom. The number of ether oxygens (including phenoxy) is 1. The lowest BCUT2D eigenvalue weighted by Gasteiger charge is -2.22. The van der Waals surface area contributed by atoms with Gasteiger partial charge in [-0.1, -0.05) is 12.1 Å². The highest BCUT2D eigenvalue weighted by molar-refractivity contribution is 7.80. The van der Waals surface area contributed by atoms with Gasteiger partial charge >= 0.3 is 0 Å². The topological polar surface area (TPSA) is 29.5 Å². The number of halogens is 1. The summed E-state index contributed by atoms with van der Waals surface area (Å²) in [6.07, 6.45) is 0.697. The summed E-state index contributed by atoms with van der Waals surface area (Å²) >= 11 is 4.17. The van der Waals surface area contributed by atoms with Gasteiger partial charge in [0.05, 0.1) is 17.9 Å². The molecule has 108 valence electrons. The molecule has 3 nitrogen and oxygen atoms in total. The number of hydrogen-bond donors (Lipinski definition) is 1. The van der Waals surface area contributed by atoms with E-state index in [4.69, 9.17) is 4.74 Å². The van der Waals surface area contributed by atoms with Gasteiger partial charge in [0.1, 0.15) is 11.6 Å². The molecule has 0 N–H and O–H groups in total. The lowest BCUT2D eigenvalue weighted by atomic mass is 10.1. The highest BCUT2D eigenvalue weighted by atomic mass is 32.1. The molecular formula is C16H14FNO2S. The van der Waals surface area contributed by atoms with Crippen LogP contribution in [0.2, 0.25) is 0 Å². The van der Waals surface area contributed by atoms with Crippen LogP contribution >= 0.6 is 12.6 Å². The maximum absolute atomic E-state index is 13.9. The van der Waals surface area contributed by atoms with E-state index in [1.807, 2.05) is 18.2 Å². The number of amides is 1. The van der Waals surface area contributed by atoms with E-state index in [2.05, 4.69) is 12.6 Å². The van der Waals surface area contributed by atoms with Crippen LogP contribution in [0, 0.1) is 5.82 Å². The van der Waals surface area contributed by atoms with Gasteiger partial charge in [-0.3, -0.25) is 4.79 Å². The molecule has 0 saturated carbocycles. The van der Waals surface area contributed by atoms with Gasteiger partial charge in [0, 0.05) is 11.4 Å². The monoisotopic (exact) mass is 303 g/mol. The second-order valence-electron chi connectivity index (χ2n) is 4.79. The molecular weight excluding hydrogens is 289 g/mol. The second-order valence-corrected chi connectivity index (χ2v) is 5.31. The quantitative estimate of drug-likeness (QED) is 0.817. The number of rotatable bonds is 1. The minimum atomic E-state index is -0.541. The number of carbonyl (C=O) groups excluding carboxylic acids is 1. The molecule has 0 fully saturated rings. The predicted molar refractivity (Wildman–Crippen MR) is 81.9 cm³/mol. The zero-order valence-electron chi connectivity index (χ0n) is 11.3. The van der Waals surface area contributed by atoms with Crippen molar-refractivity contribution in [1.82, 2.24) is 0 Å². The zero-order valence-corrected chi connectivity index (χ0v) is 12.1. The molecule has 0 aliphatic carbocycles. The number of fused-ring (bicyclic) bond motifs is 1. The fourth-order valence-electron chi connectivity index (χ4n) is 2.36. The molecule has 0 atom stereocenters. The van der Waals surface area contributed by atoms with Crippen molar-refractivity contribution >= 4 is 24.2 Å². The second kappa shape index (κ2) is 5.77. The molecule has 0 unspecified atom stereocenters. The average Bonchev–Trinajstić information content (AvgIpc) is 2.71. The van der Waals surface area contributed by atoms with E-state index in [1.54, 1.807) is 11.0 Å². The lowest BCUT2D eigenvalue weighted by Crippen LogP contribution is -2.32. The standard InChI is InChI=1S/C16H14FNO2S/c17-13-7-6-11(21)10-12(13)16(19)18-8-3-9-20-15-5-2-1-4-14(15)18/h1-2,4-7,10,21H,3,8-9H2. The van der Waals surface area contributed by atoms with Gasteiger partial charge < -0.3 is 9.64 Å². The molecule has 1 aliphatic heterocycles. The van der Waals surface area contributed by atoms with Gasteiger partial charge in [0.2, 0.25) is 0 Å². The Morgan fingerprint density at radius 2 is 2.05 bits per heavy atom. The normalized spacial score (nSPS) is 14.1. The average molecular weight is 303 g/mol. The van der Waals surface area contributed by atoms with Gasteiger partial charge in [-0.15, -0.1) is 12.6 Å². The molecule has 0 aromatic heterocycles. The van der Waals surface area contributed by atoms with Crippen molar-refractivity contribution in [3.8, 4) is 5.75 Å². The molecule has 1 amide bonds. The minimum absolute atomic E-state index is 0.0270. The number of hydrogen-bond acceptors (Lipinski definition) is 3. The molecule has 2 aromatic carbocycles. The van der Waals surface area contributed by atoms with Crippen molar-refractivity contribution in [2.45, 2.75) is 11.3 Å². The molecule has 0 saturated heterocycles. The molecule has 1 heterocycles. The number of benzene rings is 2. The van der Waals surface area contributed by atoms with Crippen LogP contribution in [0.4, 0.5) is 10.1 Å². The number of para-hydroxylation sites is 2. The van der Waals surface area contributed by atoms with E-state index in [0.29, 0.717) is 35.9 Å². The summed E-state index contributed by atoms with van der Waals surface area (Å²) < 4.78 is 19.6. The van der Waals surface area contributed by atoms with Gasteiger partial charge in [-0.25, -0.2) is 4.39 Å². The van der Waals surface area contributed by atoms with E-state index in [0.717, 1.165) is 0 Å². The molecule has 2 aromatic rings. The van der Waals surface area contributed by atoms with E-state index in [9.17, 15) is 9.18 Å². The van der Waals surface area contributed by atoms with E-state index >= 15 is 0 Å². The van der Waals surface area contributed by atoms with E-state index in [1.165, 1.54) is 18.2 Å². The Morgan fingerprint density at radius 3 is 2.90 bits per heavy atom. The molecule has 0 bridgehead atoms. The maximum Gasteiger partial charge on any atom is 0.261 e. The van der Waals surface area contributed by atoms with Crippen LogP contribution in [-0.2, 0) is 0 Å². The third-order valence-electron chi connectivity index (χ3n) is 3.37. The highest BCUT2D eigenvalue weighted by Gasteiger charge is 2.25. The summed E-state index contributed by atoms with van der Waals surface area (Å²) in [7, 11) is 0. The number of anilines is 1. The van der Waals surface area contributed by atoms with Crippen LogP contribution in [-0.4, -0.2) is 19.1 Å². The van der Waals surface area contributed by atoms with Crippen molar-refractivity contribution < 1.29 is 13.9 Å². The smallest absolute Gasteiger partial charge is 0.261 e. The van der Waals surface area contributed by atoms with Crippen molar-refractivity contribution in [2.24, 2.45) is 0 Å². The van der Waals surface area contributed by atoms with Crippen LogP contribution in [0.3, 0.4) is 0 Å². The van der Waals surface area contributed by atoms with Crippen LogP contribution in [0.5, 0.6) is 5.75 Å². The van der Waals surface area contributed by atoms with Gasteiger partial charge in [-0.05, 0) is 36.8 Å². The fraction of sp³-hybridized carbons (Fsp3) is 0.188. The summed E-state index contributed by atoms with van der Waals surface area (Å²) in [6, 6.07) is 11.5. The first kappa shape index (κ1) is 13.9. The third kappa shape index (κ3) is 2.74. The first-order valence-corrected chi connectivity index (χ1v) is 7.14. The van der Waals surface area contributed by atoms with Gasteiger partial charge in [0.15, 0.2) is 0 Å². The van der Waals surface area contributed by atoms with Crippen LogP contribution in [0.25, 0.3) is 0 Å². The van der Waals surface area contributed by atoms with Crippen molar-refractivity contribution in [2.75, 3.05) is 18.1 Å². The number of carbonyl (C=O) groups is 1. The summed E-state index contributed by atoms with van der Waals surface area (Å²) in [6.45, 7) is 1.03. The highest BCUT2D eigenvalue weighted by Crippen LogP contribution is 2.32. The van der Waals surface area contributed by atoms with Crippen LogP contribution in [0.1, 0.15) is 16.8 Å². The fourth-order valence-corrected chi connectivity index (χ4v) is 2.56. The Hall–Kier alpha value is -2.01. The number of thiol groups is 1. The summed E-state index contributed by atoms with van der Waals surface area (Å²) in [4.78, 5) is 14.8. The van der Waals surface area contributed by atoms with Crippen LogP contribution in [0.15, 0.2) is 47.4 Å². The Labute approximate surface area is 127 Å². The van der Waals surface area contributed by atoms with Crippen molar-refractivity contribution in [3.05, 3.63) is 53.8 Å². The third-order valence-corrected chi connectivity index (χ3v) is 3.64. The van der Waals surface area contributed by atoms with Crippen molar-refractivity contribution in [3.63, 3.8) is 0 Å². The SMILES string of the molecule is O=C(c1cc(S)ccc1F)N1CCCOc2ccccc21. The Kier molecular flexibility index (Phi) is 3.84. The van der Waals surface area contributed by atoms with E-state index in [-0.39, 0.29) is 11.5 Å². The van der Waals surface area contributed by atoms with Gasteiger partial charge in [0.25, 0.3) is 5.91 Å². The minimum Gasteiger partial charge on any atom is -0.491 e. The molecule has 0 radical (unpaired) electrons. The molecule has 3 rings (SSSR count). The molecule has 1 aliphatic rings. The zero-order chi connectivity index (χ0) is 14.8. The Balaban J connectivity index is 2.03. The Bertz CT molecular complexity index is 690. The first-order valence-electron chi connectivity index (χ1n) is 6.69. The maximum atomic E-state index is 13.9. The first-order chi connectivity index (χ1) is 10.2. The largest absolute Gasteiger partial charge is 0.491 e. The summed E-state index contributed by atoms with van der Waals surface area (Å²) in [5.74, 6) is -0.271. The van der Waals surface area contributed by atoms with Gasteiger partial charge in [-0.2, -0.15) is 0 Å². The van der Waals surface area contributed by atoms with Crippen molar-refractivity contribution in [1.29, 1.82) is 0 Å².